The first-order valence-electron chi connectivity index (χ1n) is 5.08. The maximum atomic E-state index is 12.9. The number of rotatable bonds is 4. The Balaban J connectivity index is 2.85. The van der Waals surface area contributed by atoms with E-state index in [-0.39, 0.29) is 12.6 Å². The average molecular weight is 222 g/mol. The maximum absolute atomic E-state index is 12.9. The van der Waals surface area contributed by atoms with Crippen LogP contribution in [-0.2, 0) is 6.54 Å². The van der Waals surface area contributed by atoms with E-state index >= 15 is 0 Å². The molecular formula is C12H15FN2O. The van der Waals surface area contributed by atoms with E-state index in [2.05, 4.69) is 0 Å². The molecule has 0 aliphatic carbocycles. The van der Waals surface area contributed by atoms with Gasteiger partial charge in [-0.25, -0.2) is 4.39 Å². The number of halogens is 1. The number of aliphatic hydroxyl groups is 1. The first-order valence-corrected chi connectivity index (χ1v) is 5.08. The standard InChI is InChI=1S/C12H15FN2O/c1-9(8-16)15(2)7-10-3-4-12(13)5-11(10)6-14/h3-5,9,16H,7-8H2,1-2H3. The molecule has 1 rings (SSSR count). The van der Waals surface area contributed by atoms with Crippen molar-refractivity contribution < 1.29 is 9.50 Å². The van der Waals surface area contributed by atoms with E-state index in [1.54, 1.807) is 6.07 Å². The zero-order chi connectivity index (χ0) is 12.1. The SMILES string of the molecule is CC(CO)N(C)Cc1ccc(F)cc1C#N. The minimum Gasteiger partial charge on any atom is -0.395 e. The molecule has 1 atom stereocenters. The van der Waals surface area contributed by atoms with Gasteiger partial charge in [0.25, 0.3) is 0 Å². The van der Waals surface area contributed by atoms with Crippen molar-refractivity contribution in [1.82, 2.24) is 4.90 Å². The summed E-state index contributed by atoms with van der Waals surface area (Å²) in [4.78, 5) is 1.91. The summed E-state index contributed by atoms with van der Waals surface area (Å²) in [5.74, 6) is -0.404. The Morgan fingerprint density at radius 2 is 2.25 bits per heavy atom. The summed E-state index contributed by atoms with van der Waals surface area (Å²) in [6.45, 7) is 2.46. The van der Waals surface area contributed by atoms with Crippen molar-refractivity contribution in [1.29, 1.82) is 5.26 Å². The number of benzene rings is 1. The lowest BCUT2D eigenvalue weighted by Gasteiger charge is -2.23. The molecule has 16 heavy (non-hydrogen) atoms. The summed E-state index contributed by atoms with van der Waals surface area (Å²) in [5, 5.41) is 17.9. The normalized spacial score (nSPS) is 12.5. The summed E-state index contributed by atoms with van der Waals surface area (Å²) < 4.78 is 12.9. The molecule has 0 saturated heterocycles. The highest BCUT2D eigenvalue weighted by atomic mass is 19.1. The molecule has 0 aliphatic heterocycles. The van der Waals surface area contributed by atoms with Crippen molar-refractivity contribution in [3.05, 3.63) is 35.1 Å². The van der Waals surface area contributed by atoms with Gasteiger partial charge in [-0.2, -0.15) is 5.26 Å². The molecular weight excluding hydrogens is 207 g/mol. The zero-order valence-corrected chi connectivity index (χ0v) is 9.44. The third-order valence-electron chi connectivity index (χ3n) is 2.63. The molecule has 0 saturated carbocycles. The molecule has 0 aromatic heterocycles. The predicted octanol–water partition coefficient (Wildman–Crippen LogP) is 1.51. The molecule has 1 unspecified atom stereocenters. The number of nitrogens with zero attached hydrogens (tertiary/aromatic N) is 2. The van der Waals surface area contributed by atoms with Gasteiger partial charge in [0.05, 0.1) is 18.2 Å². The van der Waals surface area contributed by atoms with Crippen LogP contribution in [0.25, 0.3) is 0 Å². The fraction of sp³-hybridized carbons (Fsp3) is 0.417. The molecule has 0 heterocycles. The number of likely N-dealkylation sites (N-methyl/N-ethyl adjacent to an activating group) is 1. The topological polar surface area (TPSA) is 47.3 Å². The zero-order valence-electron chi connectivity index (χ0n) is 9.44. The monoisotopic (exact) mass is 222 g/mol. The van der Waals surface area contributed by atoms with Gasteiger partial charge in [0.15, 0.2) is 0 Å². The van der Waals surface area contributed by atoms with Gasteiger partial charge in [0.2, 0.25) is 0 Å². The largest absolute Gasteiger partial charge is 0.395 e. The van der Waals surface area contributed by atoms with Crippen molar-refractivity contribution in [3.8, 4) is 6.07 Å². The van der Waals surface area contributed by atoms with Crippen molar-refractivity contribution in [2.45, 2.75) is 19.5 Å². The Kier molecular flexibility index (Phi) is 4.41. The van der Waals surface area contributed by atoms with Crippen LogP contribution in [0.5, 0.6) is 0 Å². The molecule has 0 spiro atoms. The third-order valence-corrected chi connectivity index (χ3v) is 2.63. The molecule has 0 radical (unpaired) electrons. The van der Waals surface area contributed by atoms with Gasteiger partial charge >= 0.3 is 0 Å². The fourth-order valence-corrected chi connectivity index (χ4v) is 1.35. The van der Waals surface area contributed by atoms with Crippen molar-refractivity contribution in [2.75, 3.05) is 13.7 Å². The maximum Gasteiger partial charge on any atom is 0.124 e. The lowest BCUT2D eigenvalue weighted by atomic mass is 10.1. The van der Waals surface area contributed by atoms with E-state index < -0.39 is 5.82 Å². The van der Waals surface area contributed by atoms with E-state index in [9.17, 15) is 4.39 Å². The number of hydrogen-bond acceptors (Lipinski definition) is 3. The Morgan fingerprint density at radius 3 is 2.81 bits per heavy atom. The highest BCUT2D eigenvalue weighted by Crippen LogP contribution is 2.13. The smallest absolute Gasteiger partial charge is 0.124 e. The lowest BCUT2D eigenvalue weighted by Crippen LogP contribution is -2.31. The van der Waals surface area contributed by atoms with Gasteiger partial charge in [-0.3, -0.25) is 4.90 Å². The minimum absolute atomic E-state index is 0.0107. The van der Waals surface area contributed by atoms with Crippen LogP contribution >= 0.6 is 0 Å². The highest BCUT2D eigenvalue weighted by Gasteiger charge is 2.11. The Bertz CT molecular complexity index is 400. The second-order valence-corrected chi connectivity index (χ2v) is 3.86. The number of hydrogen-bond donors (Lipinski definition) is 1. The molecule has 0 fully saturated rings. The Morgan fingerprint density at radius 1 is 1.56 bits per heavy atom. The average Bonchev–Trinajstić information content (AvgIpc) is 2.30. The highest BCUT2D eigenvalue weighted by molar-refractivity contribution is 5.37. The van der Waals surface area contributed by atoms with Gasteiger partial charge in [0.1, 0.15) is 5.82 Å². The second-order valence-electron chi connectivity index (χ2n) is 3.86. The van der Waals surface area contributed by atoms with Crippen molar-refractivity contribution in [3.63, 3.8) is 0 Å². The van der Waals surface area contributed by atoms with Crippen molar-refractivity contribution >= 4 is 0 Å². The molecule has 0 amide bonds. The van der Waals surface area contributed by atoms with Crippen LogP contribution in [0.1, 0.15) is 18.1 Å². The summed E-state index contributed by atoms with van der Waals surface area (Å²) in [7, 11) is 1.85. The quantitative estimate of drug-likeness (QED) is 0.840. The molecule has 0 aliphatic rings. The van der Waals surface area contributed by atoms with E-state index in [1.807, 2.05) is 24.9 Å². The molecule has 1 aromatic carbocycles. The summed E-state index contributed by atoms with van der Waals surface area (Å²) in [6.07, 6.45) is 0. The summed E-state index contributed by atoms with van der Waals surface area (Å²) in [5.41, 5.74) is 1.11. The first-order chi connectivity index (χ1) is 7.58. The molecule has 1 N–H and O–H groups in total. The van der Waals surface area contributed by atoms with Crippen LogP contribution in [0.3, 0.4) is 0 Å². The molecule has 3 nitrogen and oxygen atoms in total. The fourth-order valence-electron chi connectivity index (χ4n) is 1.35. The van der Waals surface area contributed by atoms with Gasteiger partial charge in [-0.15, -0.1) is 0 Å². The van der Waals surface area contributed by atoms with Crippen LogP contribution in [0.4, 0.5) is 4.39 Å². The Labute approximate surface area is 94.7 Å². The van der Waals surface area contributed by atoms with E-state index in [0.717, 1.165) is 5.56 Å². The van der Waals surface area contributed by atoms with Gasteiger partial charge < -0.3 is 5.11 Å². The second kappa shape index (κ2) is 5.59. The van der Waals surface area contributed by atoms with E-state index in [1.165, 1.54) is 12.1 Å². The number of aliphatic hydroxyl groups excluding tert-OH is 1. The van der Waals surface area contributed by atoms with Crippen LogP contribution in [0.15, 0.2) is 18.2 Å². The van der Waals surface area contributed by atoms with Crippen molar-refractivity contribution in [2.24, 2.45) is 0 Å². The molecule has 4 heteroatoms. The van der Waals surface area contributed by atoms with Crippen LogP contribution in [-0.4, -0.2) is 29.7 Å². The third kappa shape index (κ3) is 3.02. The van der Waals surface area contributed by atoms with Crippen LogP contribution < -0.4 is 0 Å². The van der Waals surface area contributed by atoms with Gasteiger partial charge in [0, 0.05) is 12.6 Å². The summed E-state index contributed by atoms with van der Waals surface area (Å²) in [6, 6.07) is 6.16. The number of nitriles is 1. The van der Waals surface area contributed by atoms with E-state index in [0.29, 0.717) is 12.1 Å². The van der Waals surface area contributed by atoms with Gasteiger partial charge in [-0.1, -0.05) is 6.07 Å². The predicted molar refractivity (Wildman–Crippen MR) is 59.1 cm³/mol. The molecule has 1 aromatic rings. The summed E-state index contributed by atoms with van der Waals surface area (Å²) >= 11 is 0. The minimum atomic E-state index is -0.404. The Hall–Kier alpha value is -1.44. The lowest BCUT2D eigenvalue weighted by molar-refractivity contribution is 0.154. The molecule has 86 valence electrons. The van der Waals surface area contributed by atoms with E-state index in [4.69, 9.17) is 10.4 Å². The van der Waals surface area contributed by atoms with Gasteiger partial charge in [-0.05, 0) is 31.7 Å². The van der Waals surface area contributed by atoms with Crippen LogP contribution in [0.2, 0.25) is 0 Å². The van der Waals surface area contributed by atoms with Crippen LogP contribution in [0, 0.1) is 17.1 Å². The molecule has 0 bridgehead atoms. The first kappa shape index (κ1) is 12.6.